The van der Waals surface area contributed by atoms with Crippen LogP contribution < -0.4 is 20.5 Å². The Hall–Kier alpha value is -3.63. The number of hydrogen-bond donors (Lipinski definition) is 2. The molecule has 0 bridgehead atoms. The molecule has 4 heterocycles. The number of nitrogens with zero attached hydrogens (tertiary/aromatic N) is 4. The Labute approximate surface area is 213 Å². The largest absolute Gasteiger partial charge is 0.486 e. The fourth-order valence-electron chi connectivity index (χ4n) is 4.72. The number of rotatable bonds is 5. The van der Waals surface area contributed by atoms with Gasteiger partial charge in [-0.25, -0.2) is 4.98 Å². The molecular formula is C25H27ClN6O4. The van der Waals surface area contributed by atoms with E-state index in [0.29, 0.717) is 71.1 Å². The van der Waals surface area contributed by atoms with E-state index in [4.69, 9.17) is 31.8 Å². The number of aromatic nitrogens is 3. The summed E-state index contributed by atoms with van der Waals surface area (Å²) in [6.07, 6.45) is 5.40. The molecule has 1 saturated heterocycles. The van der Waals surface area contributed by atoms with Crippen LogP contribution in [0.2, 0.25) is 5.02 Å². The number of anilines is 1. The van der Waals surface area contributed by atoms with Crippen LogP contribution in [0.25, 0.3) is 11.0 Å². The summed E-state index contributed by atoms with van der Waals surface area (Å²) in [5.74, 6) is 0.785. The minimum atomic E-state index is -0.357. The van der Waals surface area contributed by atoms with E-state index in [1.54, 1.807) is 29.3 Å². The van der Waals surface area contributed by atoms with Crippen LogP contribution in [0.1, 0.15) is 41.4 Å². The van der Waals surface area contributed by atoms with Crippen molar-refractivity contribution in [2.45, 2.75) is 31.8 Å². The molecule has 11 heteroatoms. The highest BCUT2D eigenvalue weighted by Gasteiger charge is 2.30. The second kappa shape index (κ2) is 10.2. The van der Waals surface area contributed by atoms with Crippen LogP contribution in [-0.4, -0.2) is 57.6 Å². The molecule has 0 unspecified atom stereocenters. The lowest BCUT2D eigenvalue weighted by Crippen LogP contribution is -2.34. The Morgan fingerprint density at radius 1 is 1.28 bits per heavy atom. The van der Waals surface area contributed by atoms with E-state index in [1.165, 1.54) is 6.08 Å². The van der Waals surface area contributed by atoms with Gasteiger partial charge in [0.1, 0.15) is 18.2 Å². The number of hydrogen-bond acceptors (Lipinski definition) is 7. The Balaban J connectivity index is 1.62. The number of carbonyl (C=O) groups excluding carboxylic acids is 2. The lowest BCUT2D eigenvalue weighted by molar-refractivity contribution is -0.126. The van der Waals surface area contributed by atoms with Gasteiger partial charge in [-0.15, -0.1) is 0 Å². The van der Waals surface area contributed by atoms with Crippen LogP contribution in [0.5, 0.6) is 11.5 Å². The fourth-order valence-corrected chi connectivity index (χ4v) is 5.06. The normalized spacial score (nSPS) is 17.5. The molecule has 0 saturated carbocycles. The number of nitrogens with one attached hydrogen (secondary N) is 1. The third-order valence-corrected chi connectivity index (χ3v) is 6.79. The quantitative estimate of drug-likeness (QED) is 0.504. The van der Waals surface area contributed by atoms with Crippen molar-refractivity contribution < 1.29 is 19.1 Å². The molecule has 2 aliphatic rings. The summed E-state index contributed by atoms with van der Waals surface area (Å²) in [6.45, 7) is 5.71. The van der Waals surface area contributed by atoms with Gasteiger partial charge in [-0.1, -0.05) is 18.2 Å². The van der Waals surface area contributed by atoms with Gasteiger partial charge in [-0.05, 0) is 37.5 Å². The molecule has 1 atom stereocenters. The van der Waals surface area contributed by atoms with E-state index in [2.05, 4.69) is 16.9 Å². The van der Waals surface area contributed by atoms with Crippen molar-refractivity contribution in [3.8, 4) is 11.5 Å². The number of amides is 2. The molecule has 3 N–H and O–H groups in total. The Morgan fingerprint density at radius 2 is 2.11 bits per heavy atom. The van der Waals surface area contributed by atoms with E-state index in [-0.39, 0.29) is 24.4 Å². The zero-order chi connectivity index (χ0) is 25.2. The van der Waals surface area contributed by atoms with Gasteiger partial charge in [0.2, 0.25) is 11.9 Å². The maximum atomic E-state index is 13.2. The van der Waals surface area contributed by atoms with Gasteiger partial charge in [-0.2, -0.15) is 0 Å². The number of pyridine rings is 1. The molecule has 0 aliphatic carbocycles. The SMILES string of the molecule is C=CC(=O)N1CCCC[C@@H](n2c(NC(=O)c3ccnc(CN)c3)nc3cc4c(c(Cl)c32)OCCO4)C1. The Morgan fingerprint density at radius 3 is 2.92 bits per heavy atom. The van der Waals surface area contributed by atoms with E-state index < -0.39 is 0 Å². The van der Waals surface area contributed by atoms with E-state index in [0.717, 1.165) is 19.3 Å². The number of carbonyl (C=O) groups is 2. The van der Waals surface area contributed by atoms with Crippen molar-refractivity contribution in [1.82, 2.24) is 19.4 Å². The van der Waals surface area contributed by atoms with Crippen LogP contribution in [0.4, 0.5) is 5.95 Å². The van der Waals surface area contributed by atoms with Crippen molar-refractivity contribution in [3.05, 3.63) is 53.3 Å². The highest BCUT2D eigenvalue weighted by molar-refractivity contribution is 6.37. The van der Waals surface area contributed by atoms with Crippen molar-refractivity contribution in [3.63, 3.8) is 0 Å². The van der Waals surface area contributed by atoms with Gasteiger partial charge in [-0.3, -0.25) is 19.9 Å². The smallest absolute Gasteiger partial charge is 0.258 e. The molecule has 2 aliphatic heterocycles. The number of imidazole rings is 1. The standard InChI is InChI=1S/C25H27ClN6O4/c1-2-20(33)31-8-4-3-5-17(14-31)32-22-18(12-19-23(21(22)26)36-10-9-35-19)29-25(32)30-24(34)15-6-7-28-16(11-15)13-27/h2,6-7,11-12,17H,1,3-5,8-10,13-14,27H2,(H,29,30,34)/t17-/m1/s1. The second-order valence-electron chi connectivity index (χ2n) is 8.72. The van der Waals surface area contributed by atoms with Crippen molar-refractivity contribution >= 4 is 40.4 Å². The first kappa shape index (κ1) is 24.1. The van der Waals surface area contributed by atoms with Gasteiger partial charge in [0.05, 0.1) is 22.8 Å². The first-order chi connectivity index (χ1) is 17.5. The number of halogens is 1. The third-order valence-electron chi connectivity index (χ3n) is 6.44. The van der Waals surface area contributed by atoms with Crippen molar-refractivity contribution in [2.75, 3.05) is 31.6 Å². The van der Waals surface area contributed by atoms with Gasteiger partial charge in [0.15, 0.2) is 11.5 Å². The molecule has 3 aromatic rings. The summed E-state index contributed by atoms with van der Waals surface area (Å²) in [5.41, 5.74) is 7.88. The summed E-state index contributed by atoms with van der Waals surface area (Å²) in [4.78, 5) is 36.4. The predicted octanol–water partition coefficient (Wildman–Crippen LogP) is 3.31. The minimum Gasteiger partial charge on any atom is -0.486 e. The summed E-state index contributed by atoms with van der Waals surface area (Å²) < 4.78 is 13.5. The summed E-state index contributed by atoms with van der Waals surface area (Å²) in [6, 6.07) is 4.84. The van der Waals surface area contributed by atoms with Gasteiger partial charge < -0.3 is 24.7 Å². The van der Waals surface area contributed by atoms with Crippen molar-refractivity contribution in [2.24, 2.45) is 5.73 Å². The van der Waals surface area contributed by atoms with Crippen LogP contribution in [-0.2, 0) is 11.3 Å². The topological polar surface area (TPSA) is 125 Å². The van der Waals surface area contributed by atoms with Crippen LogP contribution in [0.3, 0.4) is 0 Å². The highest BCUT2D eigenvalue weighted by Crippen LogP contribution is 2.45. The molecule has 0 spiro atoms. The van der Waals surface area contributed by atoms with E-state index in [9.17, 15) is 9.59 Å². The minimum absolute atomic E-state index is 0.136. The molecule has 5 rings (SSSR count). The van der Waals surface area contributed by atoms with Gasteiger partial charge >= 0.3 is 0 Å². The average molecular weight is 511 g/mol. The number of fused-ring (bicyclic) bond motifs is 2. The molecule has 2 amide bonds. The average Bonchev–Trinajstić information content (AvgIpc) is 3.08. The molecule has 0 radical (unpaired) electrons. The molecular weight excluding hydrogens is 484 g/mol. The van der Waals surface area contributed by atoms with Crippen molar-refractivity contribution in [1.29, 1.82) is 0 Å². The number of nitrogens with two attached hydrogens (primary N) is 1. The molecule has 36 heavy (non-hydrogen) atoms. The van der Waals surface area contributed by atoms with Crippen LogP contribution in [0, 0.1) is 0 Å². The monoisotopic (exact) mass is 510 g/mol. The van der Waals surface area contributed by atoms with E-state index >= 15 is 0 Å². The first-order valence-corrected chi connectivity index (χ1v) is 12.3. The Kier molecular flexibility index (Phi) is 6.80. The molecule has 188 valence electrons. The number of ether oxygens (including phenoxy) is 2. The zero-order valence-electron chi connectivity index (χ0n) is 19.7. The van der Waals surface area contributed by atoms with Crippen LogP contribution in [0.15, 0.2) is 37.1 Å². The predicted molar refractivity (Wildman–Crippen MR) is 135 cm³/mol. The number of benzene rings is 1. The second-order valence-corrected chi connectivity index (χ2v) is 9.10. The van der Waals surface area contributed by atoms with Gasteiger partial charge in [0, 0.05) is 37.5 Å². The summed E-state index contributed by atoms with van der Waals surface area (Å²) in [7, 11) is 0. The highest BCUT2D eigenvalue weighted by atomic mass is 35.5. The third kappa shape index (κ3) is 4.49. The first-order valence-electron chi connectivity index (χ1n) is 11.9. The zero-order valence-corrected chi connectivity index (χ0v) is 20.5. The molecule has 2 aromatic heterocycles. The molecule has 1 fully saturated rings. The molecule has 1 aromatic carbocycles. The number of likely N-dealkylation sites (tertiary alicyclic amines) is 1. The lowest BCUT2D eigenvalue weighted by atomic mass is 10.1. The molecule has 10 nitrogen and oxygen atoms in total. The van der Waals surface area contributed by atoms with Gasteiger partial charge in [0.25, 0.3) is 5.91 Å². The Bertz CT molecular complexity index is 1340. The van der Waals surface area contributed by atoms with Crippen LogP contribution >= 0.6 is 11.6 Å². The maximum absolute atomic E-state index is 13.2. The fraction of sp³-hybridized carbons (Fsp3) is 0.360. The van der Waals surface area contributed by atoms with E-state index in [1.807, 2.05) is 4.57 Å². The summed E-state index contributed by atoms with van der Waals surface area (Å²) in [5, 5.41) is 3.30. The summed E-state index contributed by atoms with van der Waals surface area (Å²) >= 11 is 6.86. The maximum Gasteiger partial charge on any atom is 0.258 e. The lowest BCUT2D eigenvalue weighted by Gasteiger charge is -2.27.